The monoisotopic (exact) mass is 537 g/mol. The van der Waals surface area contributed by atoms with E-state index in [0.717, 1.165) is 17.3 Å². The van der Waals surface area contributed by atoms with Crippen molar-refractivity contribution in [2.45, 2.75) is 23.0 Å². The lowest BCUT2D eigenvalue weighted by atomic mass is 10.1. The second-order valence-electron chi connectivity index (χ2n) is 7.98. The Hall–Kier alpha value is -4.00. The molecule has 0 bridgehead atoms. The number of amides is 1. The summed E-state index contributed by atoms with van der Waals surface area (Å²) in [6.07, 6.45) is 1.84. The second-order valence-corrected chi connectivity index (χ2v) is 10.5. The van der Waals surface area contributed by atoms with Gasteiger partial charge in [0.1, 0.15) is 5.75 Å². The standard InChI is InChI=1S/C25H23N5O5S2/c26-37(34,35)20-10-8-17(9-11-20)12-13-30-24(33)21-6-1-2-7-22(21)28-25(30)36-16-23(32)29-27-15-18-4-3-5-19(31)14-18/h1-11,14-15,31H,12-13,16H2,(H,29,32)(H2,26,34,35)/b27-15+. The molecule has 0 atom stereocenters. The molecule has 0 aliphatic carbocycles. The third-order valence-electron chi connectivity index (χ3n) is 5.31. The van der Waals surface area contributed by atoms with E-state index >= 15 is 0 Å². The molecule has 4 N–H and O–H groups in total. The van der Waals surface area contributed by atoms with Crippen LogP contribution < -0.4 is 16.1 Å². The van der Waals surface area contributed by atoms with Crippen LogP contribution in [0.4, 0.5) is 0 Å². The number of nitrogens with zero attached hydrogens (tertiary/aromatic N) is 3. The van der Waals surface area contributed by atoms with Crippen molar-refractivity contribution in [2.24, 2.45) is 10.2 Å². The van der Waals surface area contributed by atoms with Gasteiger partial charge in [-0.15, -0.1) is 0 Å². The van der Waals surface area contributed by atoms with Gasteiger partial charge in [0.15, 0.2) is 5.16 Å². The van der Waals surface area contributed by atoms with Crippen LogP contribution in [0, 0.1) is 0 Å². The third kappa shape index (κ3) is 6.82. The molecular formula is C25H23N5O5S2. The predicted octanol–water partition coefficient (Wildman–Crippen LogP) is 2.23. The van der Waals surface area contributed by atoms with E-state index in [1.165, 1.54) is 35.0 Å². The molecule has 0 saturated carbocycles. The molecule has 12 heteroatoms. The molecule has 0 aliphatic rings. The molecule has 1 heterocycles. The fourth-order valence-electron chi connectivity index (χ4n) is 3.49. The first kappa shape index (κ1) is 26.1. The van der Waals surface area contributed by atoms with Crippen molar-refractivity contribution in [3.05, 3.63) is 94.3 Å². The third-order valence-corrected chi connectivity index (χ3v) is 7.21. The number of carbonyl (C=O) groups excluding carboxylic acids is 1. The Balaban J connectivity index is 1.49. The Morgan fingerprint density at radius 2 is 1.86 bits per heavy atom. The molecule has 0 saturated heterocycles. The topological polar surface area (TPSA) is 157 Å². The van der Waals surface area contributed by atoms with Gasteiger partial charge in [-0.05, 0) is 53.9 Å². The van der Waals surface area contributed by atoms with Crippen LogP contribution in [0.25, 0.3) is 10.9 Å². The van der Waals surface area contributed by atoms with Crippen LogP contribution in [0.3, 0.4) is 0 Å². The summed E-state index contributed by atoms with van der Waals surface area (Å²) in [4.78, 5) is 30.2. The fraction of sp³-hybridized carbons (Fsp3) is 0.120. The molecule has 10 nitrogen and oxygen atoms in total. The van der Waals surface area contributed by atoms with Crippen molar-refractivity contribution < 1.29 is 18.3 Å². The number of phenols is 1. The number of fused-ring (bicyclic) bond motifs is 1. The number of hydrazone groups is 1. The quantitative estimate of drug-likeness (QED) is 0.128. The average molecular weight is 538 g/mol. The molecule has 4 aromatic rings. The first-order chi connectivity index (χ1) is 17.7. The number of thioether (sulfide) groups is 1. The van der Waals surface area contributed by atoms with Crippen LogP contribution in [-0.4, -0.2) is 41.0 Å². The summed E-state index contributed by atoms with van der Waals surface area (Å²) in [7, 11) is -3.79. The van der Waals surface area contributed by atoms with Gasteiger partial charge in [-0.1, -0.05) is 48.2 Å². The van der Waals surface area contributed by atoms with Gasteiger partial charge < -0.3 is 5.11 Å². The van der Waals surface area contributed by atoms with E-state index in [1.54, 1.807) is 48.5 Å². The van der Waals surface area contributed by atoms with Crippen LogP contribution >= 0.6 is 11.8 Å². The molecule has 0 aliphatic heterocycles. The van der Waals surface area contributed by atoms with Gasteiger partial charge in [-0.3, -0.25) is 14.2 Å². The number of carbonyl (C=O) groups is 1. The molecule has 1 amide bonds. The zero-order valence-electron chi connectivity index (χ0n) is 19.4. The summed E-state index contributed by atoms with van der Waals surface area (Å²) in [5.74, 6) is -0.342. The SMILES string of the molecule is NS(=O)(=O)c1ccc(CCn2c(SCC(=O)N/N=C/c3cccc(O)c3)nc3ccccc3c2=O)cc1. The lowest BCUT2D eigenvalue weighted by Crippen LogP contribution is -2.26. The number of hydrogen-bond donors (Lipinski definition) is 3. The van der Waals surface area contributed by atoms with E-state index < -0.39 is 15.9 Å². The van der Waals surface area contributed by atoms with Crippen molar-refractivity contribution in [1.82, 2.24) is 15.0 Å². The highest BCUT2D eigenvalue weighted by Gasteiger charge is 2.14. The minimum atomic E-state index is -3.79. The zero-order valence-corrected chi connectivity index (χ0v) is 21.1. The Labute approximate surface area is 216 Å². The van der Waals surface area contributed by atoms with Crippen LogP contribution in [0.15, 0.2) is 92.7 Å². The number of sulfonamides is 1. The van der Waals surface area contributed by atoms with Crippen molar-refractivity contribution in [3.63, 3.8) is 0 Å². The Morgan fingerprint density at radius 3 is 2.59 bits per heavy atom. The lowest BCUT2D eigenvalue weighted by molar-refractivity contribution is -0.118. The molecule has 0 fully saturated rings. The second kappa shape index (κ2) is 11.4. The van der Waals surface area contributed by atoms with Crippen molar-refractivity contribution >= 4 is 44.8 Å². The molecule has 190 valence electrons. The maximum absolute atomic E-state index is 13.2. The number of rotatable bonds is 9. The first-order valence-electron chi connectivity index (χ1n) is 11.1. The molecule has 3 aromatic carbocycles. The lowest BCUT2D eigenvalue weighted by Gasteiger charge is -2.13. The van der Waals surface area contributed by atoms with Gasteiger partial charge in [-0.2, -0.15) is 5.10 Å². The van der Waals surface area contributed by atoms with Crippen molar-refractivity contribution in [2.75, 3.05) is 5.75 Å². The summed E-state index contributed by atoms with van der Waals surface area (Å²) < 4.78 is 24.5. The molecular weight excluding hydrogens is 514 g/mol. The van der Waals surface area contributed by atoms with Crippen molar-refractivity contribution in [3.8, 4) is 5.75 Å². The molecule has 0 radical (unpaired) electrons. The van der Waals surface area contributed by atoms with Gasteiger partial charge in [0, 0.05) is 6.54 Å². The largest absolute Gasteiger partial charge is 0.508 e. The van der Waals surface area contributed by atoms with E-state index in [0.29, 0.717) is 28.0 Å². The van der Waals surface area contributed by atoms with E-state index in [1.807, 2.05) is 0 Å². The normalized spacial score (nSPS) is 11.7. The Bertz CT molecular complexity index is 1630. The first-order valence-corrected chi connectivity index (χ1v) is 13.6. The number of nitrogens with two attached hydrogens (primary N) is 1. The van der Waals surface area contributed by atoms with E-state index in [-0.39, 0.29) is 28.5 Å². The van der Waals surface area contributed by atoms with Gasteiger partial charge in [0.2, 0.25) is 10.0 Å². The summed E-state index contributed by atoms with van der Waals surface area (Å²) in [5.41, 5.74) is 4.13. The molecule has 37 heavy (non-hydrogen) atoms. The van der Waals surface area contributed by atoms with Crippen LogP contribution in [-0.2, 0) is 27.8 Å². The number of aromatic nitrogens is 2. The molecule has 0 unspecified atom stereocenters. The minimum absolute atomic E-state index is 0.00905. The predicted molar refractivity (Wildman–Crippen MR) is 142 cm³/mol. The smallest absolute Gasteiger partial charge is 0.262 e. The number of primary sulfonamides is 1. The van der Waals surface area contributed by atoms with E-state index in [4.69, 9.17) is 5.14 Å². The minimum Gasteiger partial charge on any atom is -0.508 e. The van der Waals surface area contributed by atoms with Gasteiger partial charge >= 0.3 is 0 Å². The van der Waals surface area contributed by atoms with Gasteiger partial charge in [0.25, 0.3) is 11.5 Å². The highest BCUT2D eigenvalue weighted by atomic mass is 32.2. The van der Waals surface area contributed by atoms with Gasteiger partial charge in [0.05, 0.1) is 27.8 Å². The van der Waals surface area contributed by atoms with Gasteiger partial charge in [-0.25, -0.2) is 24.0 Å². The highest BCUT2D eigenvalue weighted by molar-refractivity contribution is 7.99. The number of hydrogen-bond acceptors (Lipinski definition) is 8. The molecule has 0 spiro atoms. The van der Waals surface area contributed by atoms with E-state index in [2.05, 4.69) is 15.5 Å². The van der Waals surface area contributed by atoms with Crippen LogP contribution in [0.1, 0.15) is 11.1 Å². The average Bonchev–Trinajstić information content (AvgIpc) is 2.87. The van der Waals surface area contributed by atoms with E-state index in [9.17, 15) is 23.1 Å². The summed E-state index contributed by atoms with van der Waals surface area (Å²) in [6, 6.07) is 19.5. The molecule has 1 aromatic heterocycles. The number of para-hydroxylation sites is 1. The number of phenolic OH excluding ortho intramolecular Hbond substituents is 1. The maximum Gasteiger partial charge on any atom is 0.262 e. The number of benzene rings is 3. The summed E-state index contributed by atoms with van der Waals surface area (Å²) in [5, 5.41) is 19.4. The number of aromatic hydroxyl groups is 1. The fourth-order valence-corrected chi connectivity index (χ4v) is 4.82. The molecule has 4 rings (SSSR count). The van der Waals surface area contributed by atoms with Crippen LogP contribution in [0.2, 0.25) is 0 Å². The number of nitrogens with one attached hydrogen (secondary N) is 1. The maximum atomic E-state index is 13.2. The highest BCUT2D eigenvalue weighted by Crippen LogP contribution is 2.19. The Kier molecular flexibility index (Phi) is 8.01. The van der Waals surface area contributed by atoms with Crippen LogP contribution in [0.5, 0.6) is 5.75 Å². The van der Waals surface area contributed by atoms with Crippen molar-refractivity contribution in [1.29, 1.82) is 0 Å². The summed E-state index contributed by atoms with van der Waals surface area (Å²) in [6.45, 7) is 0.269. The number of aryl methyl sites for hydroxylation is 1. The zero-order chi connectivity index (χ0) is 26.4. The Morgan fingerprint density at radius 1 is 1.11 bits per heavy atom. The summed E-state index contributed by atoms with van der Waals surface area (Å²) >= 11 is 1.10.